The van der Waals surface area contributed by atoms with Crippen molar-refractivity contribution in [2.45, 2.75) is 12.3 Å². The maximum absolute atomic E-state index is 5.33. The summed E-state index contributed by atoms with van der Waals surface area (Å²) in [5.74, 6) is 0.543. The third-order valence-electron chi connectivity index (χ3n) is 0.295. The third kappa shape index (κ3) is 22.9. The van der Waals surface area contributed by atoms with Crippen molar-refractivity contribution in [1.29, 1.82) is 0 Å². The van der Waals surface area contributed by atoms with E-state index in [1.165, 1.54) is 0 Å². The Morgan fingerprint density at radius 3 is 1.70 bits per heavy atom. The van der Waals surface area contributed by atoms with Gasteiger partial charge in [0, 0.05) is 16.8 Å². The monoisotopic (exact) mass is 242 g/mol. The molecule has 0 aliphatic carbocycles. The fourth-order valence-corrected chi connectivity index (χ4v) is 0. The zero-order valence-corrected chi connectivity index (χ0v) is 9.03. The third-order valence-corrected chi connectivity index (χ3v) is 1.73. The fourth-order valence-electron chi connectivity index (χ4n) is 0. The molecule has 0 aromatic rings. The Labute approximate surface area is 86.0 Å². The number of alkyl halides is 2. The Kier molecular flexibility index (Phi) is 14.0. The summed E-state index contributed by atoms with van der Waals surface area (Å²) in [5.41, 5.74) is 1.09. The van der Waals surface area contributed by atoms with Crippen LogP contribution in [0.15, 0.2) is 10.0 Å². The molecule has 0 saturated carbocycles. The fraction of sp³-hybridized carbons (Fsp3) is 0.600. The van der Waals surface area contributed by atoms with Gasteiger partial charge in [-0.05, 0) is 6.92 Å². The summed E-state index contributed by atoms with van der Waals surface area (Å²) >= 11 is 25.4. The van der Waals surface area contributed by atoms with Gasteiger partial charge in [-0.3, -0.25) is 0 Å². The van der Waals surface area contributed by atoms with E-state index in [9.17, 15) is 0 Å². The molecule has 0 heterocycles. The Morgan fingerprint density at radius 2 is 1.70 bits per heavy atom. The lowest BCUT2D eigenvalue weighted by molar-refractivity contribution is 1.11. The first-order chi connectivity index (χ1) is 4.54. The topological polar surface area (TPSA) is 0 Å². The molecule has 0 aromatic carbocycles. The van der Waals surface area contributed by atoms with Gasteiger partial charge in [0.15, 0.2) is 0 Å². The number of hydrogen-bond donors (Lipinski definition) is 0. The summed E-state index contributed by atoms with van der Waals surface area (Å²) in [4.78, 5) is 0. The maximum Gasteiger partial charge on any atom is 0.118 e. The van der Waals surface area contributed by atoms with Crippen LogP contribution in [0.25, 0.3) is 0 Å². The molecule has 0 bridgehead atoms. The minimum absolute atomic E-state index is 0.0895. The molecule has 0 amide bonds. The van der Waals surface area contributed by atoms with E-state index in [0.29, 0.717) is 5.88 Å². The molecule has 0 spiro atoms. The van der Waals surface area contributed by atoms with E-state index in [1.54, 1.807) is 0 Å². The zero-order valence-electron chi connectivity index (χ0n) is 5.25. The second-order valence-electron chi connectivity index (χ2n) is 1.33. The zero-order chi connectivity index (χ0) is 8.57. The van der Waals surface area contributed by atoms with E-state index >= 15 is 0 Å². The van der Waals surface area contributed by atoms with Crippen LogP contribution in [0.2, 0.25) is 0 Å². The van der Waals surface area contributed by atoms with Crippen molar-refractivity contribution in [3.8, 4) is 0 Å². The molecule has 0 fully saturated rings. The molecule has 10 heavy (non-hydrogen) atoms. The van der Waals surface area contributed by atoms with Crippen LogP contribution in [0.3, 0.4) is 0 Å². The van der Waals surface area contributed by atoms with Crippen LogP contribution in [-0.2, 0) is 0 Å². The lowest BCUT2D eigenvalue weighted by Gasteiger charge is -1.85. The summed E-state index contributed by atoms with van der Waals surface area (Å²) < 4.78 is 0.0895. The first kappa shape index (κ1) is 13.8. The largest absolute Gasteiger partial charge is 0.125 e. The SMILES string of the molecule is CC(Cl)CCl.ClC=C(Cl)Cl. The maximum atomic E-state index is 5.33. The first-order valence-electron chi connectivity index (χ1n) is 2.36. The molecule has 1 atom stereocenters. The van der Waals surface area contributed by atoms with Crippen molar-refractivity contribution in [1.82, 2.24) is 0 Å². The van der Waals surface area contributed by atoms with Crippen LogP contribution >= 0.6 is 58.0 Å². The molecule has 0 radical (unpaired) electrons. The van der Waals surface area contributed by atoms with Crippen molar-refractivity contribution in [3.05, 3.63) is 10.0 Å². The van der Waals surface area contributed by atoms with E-state index in [1.807, 2.05) is 6.92 Å². The molecule has 0 aromatic heterocycles. The molecular formula is C5H7Cl5. The predicted octanol–water partition coefficient (Wildman–Crippen LogP) is 4.35. The van der Waals surface area contributed by atoms with E-state index in [0.717, 1.165) is 5.54 Å². The summed E-state index contributed by atoms with van der Waals surface area (Å²) in [6.45, 7) is 1.86. The Hall–Kier alpha value is 1.19. The second kappa shape index (κ2) is 10.2. The van der Waals surface area contributed by atoms with Gasteiger partial charge in [-0.15, -0.1) is 23.2 Å². The standard InChI is InChI=1S/C3H6Cl2.C2HCl3/c1-3(5)2-4;3-1-2(4)5/h3H,2H2,1H3;1H. The van der Waals surface area contributed by atoms with Crippen molar-refractivity contribution in [2.75, 3.05) is 5.88 Å². The minimum atomic E-state index is 0.0895. The lowest BCUT2D eigenvalue weighted by atomic mass is 10.6. The predicted molar refractivity (Wildman–Crippen MR) is 51.7 cm³/mol. The van der Waals surface area contributed by atoms with Gasteiger partial charge in [-0.2, -0.15) is 0 Å². The highest BCUT2D eigenvalue weighted by Crippen LogP contribution is 2.05. The quantitative estimate of drug-likeness (QED) is 0.601. The molecule has 0 saturated heterocycles. The van der Waals surface area contributed by atoms with Crippen molar-refractivity contribution < 1.29 is 0 Å². The van der Waals surface area contributed by atoms with Gasteiger partial charge in [0.1, 0.15) is 4.49 Å². The molecule has 5 heteroatoms. The van der Waals surface area contributed by atoms with E-state index < -0.39 is 0 Å². The molecule has 0 aliphatic heterocycles. The number of hydrogen-bond acceptors (Lipinski definition) is 0. The van der Waals surface area contributed by atoms with E-state index in [2.05, 4.69) is 0 Å². The van der Waals surface area contributed by atoms with Gasteiger partial charge in [-0.1, -0.05) is 34.8 Å². The summed E-state index contributed by atoms with van der Waals surface area (Å²) in [7, 11) is 0. The van der Waals surface area contributed by atoms with Crippen molar-refractivity contribution in [2.24, 2.45) is 0 Å². The van der Waals surface area contributed by atoms with Crippen LogP contribution in [0.1, 0.15) is 6.92 Å². The Balaban J connectivity index is 0. The summed E-state index contributed by atoms with van der Waals surface area (Å²) in [6, 6.07) is 0. The first-order valence-corrected chi connectivity index (χ1v) is 4.52. The van der Waals surface area contributed by atoms with Crippen LogP contribution in [0.4, 0.5) is 0 Å². The number of halogens is 5. The van der Waals surface area contributed by atoms with E-state index in [4.69, 9.17) is 58.0 Å². The molecular weight excluding hydrogens is 237 g/mol. The summed E-state index contributed by atoms with van der Waals surface area (Å²) in [6.07, 6.45) is 0. The molecule has 62 valence electrons. The average molecular weight is 244 g/mol. The highest BCUT2D eigenvalue weighted by Gasteiger charge is 1.85. The smallest absolute Gasteiger partial charge is 0.118 e. The van der Waals surface area contributed by atoms with Crippen LogP contribution in [-0.4, -0.2) is 11.3 Å². The molecule has 0 N–H and O–H groups in total. The minimum Gasteiger partial charge on any atom is -0.125 e. The lowest BCUT2D eigenvalue weighted by Crippen LogP contribution is -1.87. The Bertz CT molecular complexity index is 84.0. The summed E-state index contributed by atoms with van der Waals surface area (Å²) in [5, 5.41) is 0.122. The van der Waals surface area contributed by atoms with Gasteiger partial charge in [0.2, 0.25) is 0 Å². The molecule has 0 rings (SSSR count). The van der Waals surface area contributed by atoms with Gasteiger partial charge in [-0.25, -0.2) is 0 Å². The highest BCUT2D eigenvalue weighted by molar-refractivity contribution is 6.58. The molecule has 0 nitrogen and oxygen atoms in total. The average Bonchev–Trinajstić information content (AvgIpc) is 1.89. The van der Waals surface area contributed by atoms with Crippen LogP contribution < -0.4 is 0 Å². The van der Waals surface area contributed by atoms with Gasteiger partial charge in [0.25, 0.3) is 0 Å². The van der Waals surface area contributed by atoms with Gasteiger partial charge < -0.3 is 0 Å². The molecule has 1 unspecified atom stereocenters. The van der Waals surface area contributed by atoms with Crippen molar-refractivity contribution in [3.63, 3.8) is 0 Å². The van der Waals surface area contributed by atoms with Gasteiger partial charge in [0.05, 0.1) is 0 Å². The van der Waals surface area contributed by atoms with Gasteiger partial charge >= 0.3 is 0 Å². The van der Waals surface area contributed by atoms with Crippen LogP contribution in [0, 0.1) is 0 Å². The van der Waals surface area contributed by atoms with Crippen LogP contribution in [0.5, 0.6) is 0 Å². The van der Waals surface area contributed by atoms with E-state index in [-0.39, 0.29) is 9.87 Å². The van der Waals surface area contributed by atoms with Crippen molar-refractivity contribution >= 4 is 58.0 Å². The normalized spacial score (nSPS) is 11.0. The number of rotatable bonds is 1. The second-order valence-corrected chi connectivity index (χ2v) is 3.61. The molecule has 0 aliphatic rings. The highest BCUT2D eigenvalue weighted by atomic mass is 35.5. The Morgan fingerprint density at radius 1 is 1.50 bits per heavy atom.